The first-order chi connectivity index (χ1) is 7.16. The van der Waals surface area contributed by atoms with Gasteiger partial charge in [0, 0.05) is 27.3 Å². The molecule has 0 saturated carbocycles. The molecule has 0 radical (unpaired) electrons. The third kappa shape index (κ3) is 3.09. The molecule has 0 fully saturated rings. The van der Waals surface area contributed by atoms with Crippen LogP contribution >= 0.6 is 0 Å². The molecule has 4 heteroatoms. The van der Waals surface area contributed by atoms with E-state index in [9.17, 15) is 4.39 Å². The molecule has 0 aromatic heterocycles. The predicted molar refractivity (Wildman–Crippen MR) is 60.6 cm³/mol. The van der Waals surface area contributed by atoms with Gasteiger partial charge in [0.2, 0.25) is 0 Å². The Bertz CT molecular complexity index is 317. The second-order valence-corrected chi connectivity index (χ2v) is 3.44. The summed E-state index contributed by atoms with van der Waals surface area (Å²) >= 11 is 0. The van der Waals surface area contributed by atoms with Crippen LogP contribution in [0.25, 0.3) is 0 Å². The number of nitrogens with two attached hydrogens (primary N) is 1. The highest BCUT2D eigenvalue weighted by atomic mass is 19.1. The highest BCUT2D eigenvalue weighted by molar-refractivity contribution is 5.67. The van der Waals surface area contributed by atoms with Crippen LogP contribution in [0.5, 0.6) is 0 Å². The Balaban J connectivity index is 2.65. The summed E-state index contributed by atoms with van der Waals surface area (Å²) in [7, 11) is 3.55. The Labute approximate surface area is 89.6 Å². The molecule has 1 aromatic rings. The second-order valence-electron chi connectivity index (χ2n) is 3.44. The van der Waals surface area contributed by atoms with Crippen molar-refractivity contribution in [3.63, 3.8) is 0 Å². The molecular formula is C11H17FN2O. The second kappa shape index (κ2) is 5.56. The Morgan fingerprint density at radius 1 is 1.47 bits per heavy atom. The van der Waals surface area contributed by atoms with Gasteiger partial charge in [-0.2, -0.15) is 0 Å². The van der Waals surface area contributed by atoms with Gasteiger partial charge < -0.3 is 15.4 Å². The van der Waals surface area contributed by atoms with Crippen LogP contribution in [0.2, 0.25) is 0 Å². The molecule has 0 bridgehead atoms. The molecule has 0 aliphatic rings. The van der Waals surface area contributed by atoms with E-state index in [2.05, 4.69) is 0 Å². The van der Waals surface area contributed by atoms with Crippen LogP contribution < -0.4 is 10.6 Å². The molecule has 0 saturated heterocycles. The highest BCUT2D eigenvalue weighted by Crippen LogP contribution is 2.24. The van der Waals surface area contributed by atoms with Crippen LogP contribution in [-0.2, 0) is 4.74 Å². The Morgan fingerprint density at radius 3 is 2.87 bits per heavy atom. The minimum atomic E-state index is -0.369. The van der Waals surface area contributed by atoms with E-state index in [0.717, 1.165) is 18.7 Å². The molecule has 0 heterocycles. The number of anilines is 2. The first-order valence-electron chi connectivity index (χ1n) is 4.91. The molecule has 0 spiro atoms. The summed E-state index contributed by atoms with van der Waals surface area (Å²) in [6, 6.07) is 4.83. The Morgan fingerprint density at radius 2 is 2.20 bits per heavy atom. The van der Waals surface area contributed by atoms with Crippen molar-refractivity contribution in [2.45, 2.75) is 6.42 Å². The summed E-state index contributed by atoms with van der Waals surface area (Å²) in [5.74, 6) is -0.369. The van der Waals surface area contributed by atoms with Crippen LogP contribution in [0.4, 0.5) is 15.8 Å². The van der Waals surface area contributed by atoms with Crippen molar-refractivity contribution < 1.29 is 9.13 Å². The molecule has 0 unspecified atom stereocenters. The van der Waals surface area contributed by atoms with Gasteiger partial charge in [-0.05, 0) is 18.6 Å². The van der Waals surface area contributed by atoms with Crippen LogP contribution in [-0.4, -0.2) is 27.3 Å². The zero-order valence-electron chi connectivity index (χ0n) is 9.16. The molecule has 84 valence electrons. The minimum absolute atomic E-state index is 0.206. The lowest BCUT2D eigenvalue weighted by molar-refractivity contribution is 0.196. The third-order valence-electron chi connectivity index (χ3n) is 2.28. The Kier molecular flexibility index (Phi) is 4.37. The maximum Gasteiger partial charge on any atom is 0.148 e. The molecule has 0 amide bonds. The number of rotatable bonds is 5. The van der Waals surface area contributed by atoms with Crippen molar-refractivity contribution in [1.82, 2.24) is 0 Å². The third-order valence-corrected chi connectivity index (χ3v) is 2.28. The van der Waals surface area contributed by atoms with E-state index in [0.29, 0.717) is 6.61 Å². The summed E-state index contributed by atoms with van der Waals surface area (Å²) in [6.07, 6.45) is 0.892. The number of nitrogens with zero attached hydrogens (tertiary/aromatic N) is 1. The number of ether oxygens (including phenoxy) is 1. The smallest absolute Gasteiger partial charge is 0.148 e. The molecule has 0 aliphatic carbocycles. The van der Waals surface area contributed by atoms with Crippen LogP contribution in [0, 0.1) is 5.82 Å². The largest absolute Gasteiger partial charge is 0.395 e. The fraction of sp³-hybridized carbons (Fsp3) is 0.455. The zero-order chi connectivity index (χ0) is 11.3. The maximum absolute atomic E-state index is 13.2. The molecule has 1 rings (SSSR count). The van der Waals surface area contributed by atoms with Gasteiger partial charge in [0.15, 0.2) is 0 Å². The van der Waals surface area contributed by atoms with E-state index < -0.39 is 0 Å². The van der Waals surface area contributed by atoms with Gasteiger partial charge in [-0.15, -0.1) is 0 Å². The van der Waals surface area contributed by atoms with Gasteiger partial charge >= 0.3 is 0 Å². The summed E-state index contributed by atoms with van der Waals surface area (Å²) < 4.78 is 18.1. The van der Waals surface area contributed by atoms with Gasteiger partial charge in [-0.25, -0.2) is 4.39 Å². The first kappa shape index (κ1) is 11.8. The van der Waals surface area contributed by atoms with Crippen LogP contribution in [0.3, 0.4) is 0 Å². The van der Waals surface area contributed by atoms with E-state index in [1.54, 1.807) is 13.2 Å². The number of nitrogen functional groups attached to an aromatic ring is 1. The van der Waals surface area contributed by atoms with E-state index in [1.807, 2.05) is 18.0 Å². The quantitative estimate of drug-likeness (QED) is 0.598. The monoisotopic (exact) mass is 212 g/mol. The minimum Gasteiger partial charge on any atom is -0.395 e. The van der Waals surface area contributed by atoms with Crippen molar-refractivity contribution in [2.24, 2.45) is 0 Å². The number of para-hydroxylation sites is 1. The van der Waals surface area contributed by atoms with Crippen molar-refractivity contribution in [2.75, 3.05) is 37.9 Å². The van der Waals surface area contributed by atoms with E-state index in [-0.39, 0.29) is 11.5 Å². The standard InChI is InChI=1S/C11H17FN2O/c1-14(7-4-8-15-2)10-6-3-5-9(12)11(10)13/h3,5-6H,4,7-8,13H2,1-2H3. The molecule has 2 N–H and O–H groups in total. The normalized spacial score (nSPS) is 10.3. The maximum atomic E-state index is 13.2. The summed E-state index contributed by atoms with van der Waals surface area (Å²) in [6.45, 7) is 1.49. The van der Waals surface area contributed by atoms with Crippen molar-refractivity contribution in [3.05, 3.63) is 24.0 Å². The molecule has 3 nitrogen and oxygen atoms in total. The number of halogens is 1. The van der Waals surface area contributed by atoms with E-state index >= 15 is 0 Å². The van der Waals surface area contributed by atoms with Gasteiger partial charge in [0.05, 0.1) is 11.4 Å². The molecular weight excluding hydrogens is 195 g/mol. The van der Waals surface area contributed by atoms with Crippen molar-refractivity contribution in [1.29, 1.82) is 0 Å². The fourth-order valence-electron chi connectivity index (χ4n) is 1.43. The lowest BCUT2D eigenvalue weighted by Gasteiger charge is -2.20. The molecule has 0 atom stereocenters. The van der Waals surface area contributed by atoms with E-state index in [4.69, 9.17) is 10.5 Å². The Hall–Kier alpha value is -1.29. The SMILES string of the molecule is COCCCN(C)c1cccc(F)c1N. The van der Waals surface area contributed by atoms with Gasteiger partial charge in [-0.1, -0.05) is 6.07 Å². The van der Waals surface area contributed by atoms with E-state index in [1.165, 1.54) is 6.07 Å². The number of methoxy groups -OCH3 is 1. The molecule has 0 aliphatic heterocycles. The van der Waals surface area contributed by atoms with Gasteiger partial charge in [-0.3, -0.25) is 0 Å². The first-order valence-corrected chi connectivity index (χ1v) is 4.91. The average molecular weight is 212 g/mol. The average Bonchev–Trinajstić information content (AvgIpc) is 2.22. The predicted octanol–water partition coefficient (Wildman–Crippen LogP) is 1.88. The topological polar surface area (TPSA) is 38.5 Å². The summed E-state index contributed by atoms with van der Waals surface area (Å²) in [4.78, 5) is 1.93. The summed E-state index contributed by atoms with van der Waals surface area (Å²) in [5.41, 5.74) is 6.57. The molecule has 1 aromatic carbocycles. The number of hydrogen-bond donors (Lipinski definition) is 1. The van der Waals surface area contributed by atoms with Crippen LogP contribution in [0.15, 0.2) is 18.2 Å². The highest BCUT2D eigenvalue weighted by Gasteiger charge is 2.07. The van der Waals surface area contributed by atoms with Crippen molar-refractivity contribution >= 4 is 11.4 Å². The lowest BCUT2D eigenvalue weighted by atomic mass is 10.2. The number of benzene rings is 1. The van der Waals surface area contributed by atoms with Gasteiger partial charge in [0.25, 0.3) is 0 Å². The number of hydrogen-bond acceptors (Lipinski definition) is 3. The van der Waals surface area contributed by atoms with Crippen molar-refractivity contribution in [3.8, 4) is 0 Å². The fourth-order valence-corrected chi connectivity index (χ4v) is 1.43. The zero-order valence-corrected chi connectivity index (χ0v) is 9.16. The van der Waals surface area contributed by atoms with Crippen LogP contribution in [0.1, 0.15) is 6.42 Å². The molecule has 15 heavy (non-hydrogen) atoms. The summed E-state index contributed by atoms with van der Waals surface area (Å²) in [5, 5.41) is 0. The van der Waals surface area contributed by atoms with Gasteiger partial charge in [0.1, 0.15) is 5.82 Å². The lowest BCUT2D eigenvalue weighted by Crippen LogP contribution is -2.21.